The quantitative estimate of drug-likeness (QED) is 0.684. The first-order valence-corrected chi connectivity index (χ1v) is 8.91. The zero-order valence-electron chi connectivity index (χ0n) is 15.7. The fourth-order valence-electron chi connectivity index (χ4n) is 3.22. The molecular formula is C20H19F2N5O. The van der Waals surface area contributed by atoms with Crippen LogP contribution in [-0.4, -0.2) is 33.0 Å². The van der Waals surface area contributed by atoms with Crippen LogP contribution in [0.5, 0.6) is 0 Å². The summed E-state index contributed by atoms with van der Waals surface area (Å²) in [6, 6.07) is 12.7. The van der Waals surface area contributed by atoms with Crippen molar-refractivity contribution in [3.63, 3.8) is 0 Å². The van der Waals surface area contributed by atoms with Crippen molar-refractivity contribution >= 4 is 5.90 Å². The van der Waals surface area contributed by atoms with Gasteiger partial charge >= 0.3 is 0 Å². The molecule has 0 radical (unpaired) electrons. The Labute approximate surface area is 161 Å². The molecule has 0 saturated carbocycles. The Balaban J connectivity index is 1.79. The minimum absolute atomic E-state index is 0.0336. The summed E-state index contributed by atoms with van der Waals surface area (Å²) in [5.74, 6) is -0.584. The van der Waals surface area contributed by atoms with E-state index in [1.807, 2.05) is 13.8 Å². The lowest BCUT2D eigenvalue weighted by Crippen LogP contribution is -2.20. The normalized spacial score (nSPS) is 17.1. The molecule has 1 aliphatic rings. The number of para-hydroxylation sites is 1. The first-order chi connectivity index (χ1) is 13.5. The molecular weight excluding hydrogens is 364 g/mol. The second-order valence-corrected chi connectivity index (χ2v) is 6.81. The summed E-state index contributed by atoms with van der Waals surface area (Å²) in [7, 11) is 1.67. The maximum atomic E-state index is 14.3. The molecule has 0 amide bonds. The molecule has 8 heteroatoms. The van der Waals surface area contributed by atoms with Gasteiger partial charge in [-0.25, -0.2) is 18.5 Å². The van der Waals surface area contributed by atoms with Crippen molar-refractivity contribution in [2.75, 3.05) is 7.05 Å². The fourth-order valence-corrected chi connectivity index (χ4v) is 3.22. The highest BCUT2D eigenvalue weighted by Gasteiger charge is 2.34. The number of hydrogen-bond donors (Lipinski definition) is 0. The third-order valence-corrected chi connectivity index (χ3v) is 4.53. The molecule has 0 saturated heterocycles. The van der Waals surface area contributed by atoms with E-state index in [1.54, 1.807) is 43.4 Å². The Morgan fingerprint density at radius 1 is 1.00 bits per heavy atom. The average Bonchev–Trinajstić information content (AvgIpc) is 3.26. The number of nitrogens with zero attached hydrogens (tertiary/aromatic N) is 5. The van der Waals surface area contributed by atoms with Gasteiger partial charge in [0.1, 0.15) is 17.3 Å². The Morgan fingerprint density at radius 3 is 2.36 bits per heavy atom. The maximum absolute atomic E-state index is 14.3. The number of hydrogen-bond acceptors (Lipinski definition) is 5. The van der Waals surface area contributed by atoms with Gasteiger partial charge in [-0.3, -0.25) is 0 Å². The van der Waals surface area contributed by atoms with Crippen molar-refractivity contribution < 1.29 is 13.6 Å². The van der Waals surface area contributed by atoms with Gasteiger partial charge in [-0.15, -0.1) is 10.2 Å². The van der Waals surface area contributed by atoms with Crippen LogP contribution in [0.2, 0.25) is 0 Å². The van der Waals surface area contributed by atoms with E-state index in [0.717, 1.165) is 0 Å². The van der Waals surface area contributed by atoms with Gasteiger partial charge in [-0.1, -0.05) is 49.4 Å². The number of hydroxylamine groups is 2. The summed E-state index contributed by atoms with van der Waals surface area (Å²) in [5, 5.41) is 9.78. The summed E-state index contributed by atoms with van der Waals surface area (Å²) in [6.45, 7) is 3.90. The van der Waals surface area contributed by atoms with Gasteiger partial charge in [-0.2, -0.15) is 0 Å². The summed E-state index contributed by atoms with van der Waals surface area (Å²) < 4.78 is 29.9. The van der Waals surface area contributed by atoms with Crippen molar-refractivity contribution in [3.05, 3.63) is 77.1 Å². The average molecular weight is 383 g/mol. The lowest BCUT2D eigenvalue weighted by Gasteiger charge is -2.16. The van der Waals surface area contributed by atoms with Gasteiger partial charge in [0, 0.05) is 12.6 Å². The number of benzene rings is 2. The van der Waals surface area contributed by atoms with Gasteiger partial charge in [0.25, 0.3) is 5.90 Å². The van der Waals surface area contributed by atoms with Crippen molar-refractivity contribution in [2.45, 2.75) is 25.9 Å². The highest BCUT2D eigenvalue weighted by atomic mass is 19.1. The molecule has 2 heterocycles. The van der Waals surface area contributed by atoms with E-state index in [4.69, 9.17) is 4.84 Å². The largest absolute Gasteiger partial charge is 0.381 e. The number of aliphatic imine (C=N–C) groups is 1. The Hall–Kier alpha value is -3.13. The maximum Gasteiger partial charge on any atom is 0.265 e. The molecule has 2 aromatic carbocycles. The van der Waals surface area contributed by atoms with Crippen LogP contribution in [0.4, 0.5) is 8.78 Å². The van der Waals surface area contributed by atoms with Gasteiger partial charge in [-0.05, 0) is 24.1 Å². The van der Waals surface area contributed by atoms with Crippen LogP contribution in [0, 0.1) is 11.6 Å². The van der Waals surface area contributed by atoms with E-state index in [9.17, 15) is 8.78 Å². The van der Waals surface area contributed by atoms with Crippen molar-refractivity contribution in [1.82, 2.24) is 20.1 Å². The van der Waals surface area contributed by atoms with Crippen LogP contribution in [0.1, 0.15) is 42.9 Å². The Kier molecular flexibility index (Phi) is 4.64. The van der Waals surface area contributed by atoms with Gasteiger partial charge < -0.3 is 4.84 Å². The SMILES string of the molecule is CC(C)c1c(C2=NC(c3ccccc3F)N(C)O2)nnn1-c1ccccc1F. The predicted octanol–water partition coefficient (Wildman–Crippen LogP) is 3.99. The Bertz CT molecular complexity index is 1050. The zero-order chi connectivity index (χ0) is 19.8. The van der Waals surface area contributed by atoms with E-state index in [2.05, 4.69) is 15.3 Å². The second-order valence-electron chi connectivity index (χ2n) is 6.81. The zero-order valence-corrected chi connectivity index (χ0v) is 15.7. The number of halogens is 2. The summed E-state index contributed by atoms with van der Waals surface area (Å²) in [5.41, 5.74) is 1.76. The standard InChI is InChI=1S/C20H19F2N5O/c1-12(2)18-17(24-25-27(18)16-11-7-6-10-15(16)22)20-23-19(26(3)28-20)13-8-4-5-9-14(13)21/h4-12,19H,1-3H3. The highest BCUT2D eigenvalue weighted by Crippen LogP contribution is 2.32. The third kappa shape index (κ3) is 3.05. The molecule has 0 N–H and O–H groups in total. The Morgan fingerprint density at radius 2 is 1.68 bits per heavy atom. The van der Waals surface area contributed by atoms with Crippen LogP contribution in [0.3, 0.4) is 0 Å². The van der Waals surface area contributed by atoms with Gasteiger partial charge in [0.05, 0.1) is 5.69 Å². The van der Waals surface area contributed by atoms with Gasteiger partial charge in [0.15, 0.2) is 11.9 Å². The first-order valence-electron chi connectivity index (χ1n) is 8.91. The molecule has 1 atom stereocenters. The summed E-state index contributed by atoms with van der Waals surface area (Å²) >= 11 is 0. The van der Waals surface area contributed by atoms with Crippen LogP contribution in [0.25, 0.3) is 5.69 Å². The van der Waals surface area contributed by atoms with Crippen molar-refractivity contribution in [1.29, 1.82) is 0 Å². The molecule has 1 aromatic heterocycles. The minimum Gasteiger partial charge on any atom is -0.381 e. The molecule has 0 spiro atoms. The molecule has 4 rings (SSSR count). The number of rotatable bonds is 4. The van der Waals surface area contributed by atoms with Crippen LogP contribution < -0.4 is 0 Å². The van der Waals surface area contributed by atoms with E-state index in [0.29, 0.717) is 22.6 Å². The van der Waals surface area contributed by atoms with Crippen LogP contribution in [-0.2, 0) is 4.84 Å². The lowest BCUT2D eigenvalue weighted by molar-refractivity contribution is -0.0583. The van der Waals surface area contributed by atoms with E-state index in [1.165, 1.54) is 21.9 Å². The molecule has 1 aliphatic heterocycles. The minimum atomic E-state index is -0.644. The third-order valence-electron chi connectivity index (χ3n) is 4.53. The summed E-state index contributed by atoms with van der Waals surface area (Å²) in [4.78, 5) is 10.3. The van der Waals surface area contributed by atoms with Crippen LogP contribution >= 0.6 is 0 Å². The predicted molar refractivity (Wildman–Crippen MR) is 99.9 cm³/mol. The van der Waals surface area contributed by atoms with E-state index < -0.39 is 12.0 Å². The highest BCUT2D eigenvalue weighted by molar-refractivity contribution is 5.94. The van der Waals surface area contributed by atoms with E-state index in [-0.39, 0.29) is 17.6 Å². The molecule has 1 unspecified atom stereocenters. The smallest absolute Gasteiger partial charge is 0.265 e. The lowest BCUT2D eigenvalue weighted by atomic mass is 10.1. The molecule has 0 fully saturated rings. The van der Waals surface area contributed by atoms with Crippen molar-refractivity contribution in [3.8, 4) is 5.69 Å². The molecule has 6 nitrogen and oxygen atoms in total. The molecule has 3 aromatic rings. The molecule has 0 bridgehead atoms. The van der Waals surface area contributed by atoms with E-state index >= 15 is 0 Å². The summed E-state index contributed by atoms with van der Waals surface area (Å²) in [6.07, 6.45) is -0.644. The topological polar surface area (TPSA) is 55.5 Å². The molecule has 0 aliphatic carbocycles. The fraction of sp³-hybridized carbons (Fsp3) is 0.250. The first kappa shape index (κ1) is 18.2. The van der Waals surface area contributed by atoms with Crippen molar-refractivity contribution in [2.24, 2.45) is 4.99 Å². The monoisotopic (exact) mass is 383 g/mol. The van der Waals surface area contributed by atoms with Gasteiger partial charge in [0.2, 0.25) is 0 Å². The molecule has 144 valence electrons. The molecule has 28 heavy (non-hydrogen) atoms. The van der Waals surface area contributed by atoms with Crippen LogP contribution in [0.15, 0.2) is 53.5 Å². The number of aromatic nitrogens is 3. The second kappa shape index (κ2) is 7.12.